The standard InChI is InChI=1S/C14H15FN6O/c1-7-4-5-21-10(6-7)18-11(12(21)15)14(22)16-8(2)13-17-9(3)19-20-13/h4-6,8H,1-3H3,(H,16,22)(H,17,19,20)/t8-/m1/s1. The second kappa shape index (κ2) is 5.21. The number of pyridine rings is 1. The molecule has 0 saturated heterocycles. The van der Waals surface area contributed by atoms with Gasteiger partial charge in [0.2, 0.25) is 5.95 Å². The normalized spacial score (nSPS) is 12.5. The van der Waals surface area contributed by atoms with Gasteiger partial charge in [0, 0.05) is 6.20 Å². The van der Waals surface area contributed by atoms with Crippen LogP contribution in [0.2, 0.25) is 0 Å². The molecule has 0 aliphatic carbocycles. The van der Waals surface area contributed by atoms with Crippen LogP contribution in [0.5, 0.6) is 0 Å². The summed E-state index contributed by atoms with van der Waals surface area (Å²) in [5, 5.41) is 9.31. The van der Waals surface area contributed by atoms with Gasteiger partial charge in [-0.15, -0.1) is 0 Å². The number of nitrogens with one attached hydrogen (secondary N) is 2. The molecule has 0 radical (unpaired) electrons. The molecule has 8 heteroatoms. The Balaban J connectivity index is 1.87. The van der Waals surface area contributed by atoms with E-state index in [-0.39, 0.29) is 5.69 Å². The minimum atomic E-state index is -0.689. The Morgan fingerprint density at radius 1 is 1.41 bits per heavy atom. The number of amides is 1. The molecule has 3 aromatic rings. The number of carbonyl (C=O) groups excluding carboxylic acids is 1. The fraction of sp³-hybridized carbons (Fsp3) is 0.286. The molecule has 1 atom stereocenters. The number of carbonyl (C=O) groups is 1. The summed E-state index contributed by atoms with van der Waals surface area (Å²) in [4.78, 5) is 20.4. The average molecular weight is 302 g/mol. The van der Waals surface area contributed by atoms with Crippen molar-refractivity contribution in [3.63, 3.8) is 0 Å². The SMILES string of the molecule is Cc1ccn2c(F)c(C(=O)N[C@H](C)c3n[nH]c(C)n3)nc2c1. The molecule has 0 aromatic carbocycles. The van der Waals surface area contributed by atoms with Gasteiger partial charge < -0.3 is 5.32 Å². The lowest BCUT2D eigenvalue weighted by Crippen LogP contribution is -2.28. The molecule has 0 bridgehead atoms. The largest absolute Gasteiger partial charge is 0.341 e. The van der Waals surface area contributed by atoms with Crippen LogP contribution < -0.4 is 5.32 Å². The molecule has 3 rings (SSSR count). The number of fused-ring (bicyclic) bond motifs is 1. The number of aromatic nitrogens is 5. The lowest BCUT2D eigenvalue weighted by Gasteiger charge is -2.08. The third-order valence-corrected chi connectivity index (χ3v) is 3.29. The average Bonchev–Trinajstić information content (AvgIpc) is 3.03. The van der Waals surface area contributed by atoms with Crippen molar-refractivity contribution in [2.75, 3.05) is 0 Å². The third-order valence-electron chi connectivity index (χ3n) is 3.29. The first kappa shape index (κ1) is 14.2. The zero-order valence-corrected chi connectivity index (χ0v) is 12.4. The van der Waals surface area contributed by atoms with Gasteiger partial charge in [0.25, 0.3) is 5.91 Å². The van der Waals surface area contributed by atoms with Crippen molar-refractivity contribution >= 4 is 11.6 Å². The summed E-state index contributed by atoms with van der Waals surface area (Å²) in [7, 11) is 0. The van der Waals surface area contributed by atoms with Crippen molar-refractivity contribution in [3.8, 4) is 0 Å². The second-order valence-electron chi connectivity index (χ2n) is 5.16. The van der Waals surface area contributed by atoms with Crippen molar-refractivity contribution in [2.24, 2.45) is 0 Å². The van der Waals surface area contributed by atoms with Crippen LogP contribution in [0.1, 0.15) is 40.7 Å². The quantitative estimate of drug-likeness (QED) is 0.771. The molecule has 3 heterocycles. The smallest absolute Gasteiger partial charge is 0.275 e. The van der Waals surface area contributed by atoms with E-state index in [2.05, 4.69) is 25.5 Å². The summed E-state index contributed by atoms with van der Waals surface area (Å²) >= 11 is 0. The fourth-order valence-corrected chi connectivity index (χ4v) is 2.14. The van der Waals surface area contributed by atoms with E-state index in [9.17, 15) is 9.18 Å². The molecule has 1 amide bonds. The summed E-state index contributed by atoms with van der Waals surface area (Å²) in [6.45, 7) is 5.35. The predicted molar refractivity (Wildman–Crippen MR) is 76.9 cm³/mol. The predicted octanol–water partition coefficient (Wildman–Crippen LogP) is 1.70. The summed E-state index contributed by atoms with van der Waals surface area (Å²) in [6, 6.07) is 3.00. The van der Waals surface area contributed by atoms with Crippen molar-refractivity contribution in [3.05, 3.63) is 47.2 Å². The number of aryl methyl sites for hydroxylation is 2. The minimum absolute atomic E-state index is 0.246. The van der Waals surface area contributed by atoms with E-state index in [4.69, 9.17) is 0 Å². The number of rotatable bonds is 3. The lowest BCUT2D eigenvalue weighted by atomic mass is 10.3. The second-order valence-corrected chi connectivity index (χ2v) is 5.16. The van der Waals surface area contributed by atoms with E-state index in [1.807, 2.05) is 6.92 Å². The Morgan fingerprint density at radius 2 is 2.18 bits per heavy atom. The van der Waals surface area contributed by atoms with Gasteiger partial charge in [0.05, 0.1) is 6.04 Å². The van der Waals surface area contributed by atoms with Crippen LogP contribution in [-0.2, 0) is 0 Å². The molecular formula is C14H15FN6O. The topological polar surface area (TPSA) is 88.0 Å². The highest BCUT2D eigenvalue weighted by Gasteiger charge is 2.22. The molecule has 0 spiro atoms. The van der Waals surface area contributed by atoms with Crippen LogP contribution in [0.25, 0.3) is 5.65 Å². The molecule has 22 heavy (non-hydrogen) atoms. The van der Waals surface area contributed by atoms with Gasteiger partial charge in [-0.3, -0.25) is 14.3 Å². The first-order chi connectivity index (χ1) is 10.5. The number of H-pyrrole nitrogens is 1. The molecule has 2 N–H and O–H groups in total. The maximum atomic E-state index is 14.3. The van der Waals surface area contributed by atoms with Gasteiger partial charge >= 0.3 is 0 Å². The van der Waals surface area contributed by atoms with Crippen LogP contribution in [0.4, 0.5) is 4.39 Å². The third kappa shape index (κ3) is 2.43. The van der Waals surface area contributed by atoms with Crippen LogP contribution in [0.15, 0.2) is 18.3 Å². The summed E-state index contributed by atoms with van der Waals surface area (Å²) < 4.78 is 15.5. The molecule has 3 aromatic heterocycles. The van der Waals surface area contributed by atoms with Crippen LogP contribution in [0, 0.1) is 19.8 Å². The van der Waals surface area contributed by atoms with Crippen molar-refractivity contribution < 1.29 is 9.18 Å². The van der Waals surface area contributed by atoms with E-state index < -0.39 is 17.9 Å². The Kier molecular flexibility index (Phi) is 3.36. The number of hydrogen-bond acceptors (Lipinski definition) is 4. The zero-order chi connectivity index (χ0) is 15.9. The molecule has 0 aliphatic heterocycles. The van der Waals surface area contributed by atoms with Gasteiger partial charge in [-0.2, -0.15) is 9.49 Å². The van der Waals surface area contributed by atoms with Crippen LogP contribution in [-0.4, -0.2) is 30.5 Å². The highest BCUT2D eigenvalue weighted by atomic mass is 19.1. The van der Waals surface area contributed by atoms with Crippen LogP contribution >= 0.6 is 0 Å². The maximum absolute atomic E-state index is 14.3. The lowest BCUT2D eigenvalue weighted by molar-refractivity contribution is 0.0929. The summed E-state index contributed by atoms with van der Waals surface area (Å²) in [5.74, 6) is -0.212. The Morgan fingerprint density at radius 3 is 2.86 bits per heavy atom. The van der Waals surface area contributed by atoms with Crippen molar-refractivity contribution in [2.45, 2.75) is 26.8 Å². The van der Waals surface area contributed by atoms with E-state index in [0.29, 0.717) is 17.3 Å². The zero-order valence-electron chi connectivity index (χ0n) is 12.4. The number of nitrogens with zero attached hydrogens (tertiary/aromatic N) is 4. The van der Waals surface area contributed by atoms with E-state index >= 15 is 0 Å². The highest BCUT2D eigenvalue weighted by molar-refractivity contribution is 5.93. The first-order valence-corrected chi connectivity index (χ1v) is 6.79. The van der Waals surface area contributed by atoms with Crippen molar-refractivity contribution in [1.29, 1.82) is 0 Å². The van der Waals surface area contributed by atoms with Gasteiger partial charge in [-0.25, -0.2) is 9.97 Å². The van der Waals surface area contributed by atoms with Gasteiger partial charge in [0.15, 0.2) is 11.5 Å². The fourth-order valence-electron chi connectivity index (χ4n) is 2.14. The summed E-state index contributed by atoms with van der Waals surface area (Å²) in [6.07, 6.45) is 1.55. The van der Waals surface area contributed by atoms with Gasteiger partial charge in [-0.1, -0.05) is 0 Å². The molecule has 0 aliphatic rings. The van der Waals surface area contributed by atoms with E-state index in [1.165, 1.54) is 4.40 Å². The molecule has 7 nitrogen and oxygen atoms in total. The number of aromatic amines is 1. The molecule has 0 unspecified atom stereocenters. The summed E-state index contributed by atoms with van der Waals surface area (Å²) in [5.41, 5.74) is 1.09. The molecule has 0 fully saturated rings. The molecule has 114 valence electrons. The Bertz CT molecular complexity index is 852. The number of halogens is 1. The van der Waals surface area contributed by atoms with Crippen molar-refractivity contribution in [1.82, 2.24) is 29.9 Å². The van der Waals surface area contributed by atoms with Crippen LogP contribution in [0.3, 0.4) is 0 Å². The number of hydrogen-bond donors (Lipinski definition) is 2. The van der Waals surface area contributed by atoms with Gasteiger partial charge in [0.1, 0.15) is 11.5 Å². The van der Waals surface area contributed by atoms with E-state index in [0.717, 1.165) is 5.56 Å². The molecular weight excluding hydrogens is 287 g/mol. The van der Waals surface area contributed by atoms with E-state index in [1.54, 1.807) is 32.2 Å². The Hall–Kier alpha value is -2.77. The minimum Gasteiger partial charge on any atom is -0.341 e. The maximum Gasteiger partial charge on any atom is 0.275 e. The Labute approximate surface area is 125 Å². The first-order valence-electron chi connectivity index (χ1n) is 6.79. The molecule has 0 saturated carbocycles. The van der Waals surface area contributed by atoms with Gasteiger partial charge in [-0.05, 0) is 38.5 Å². The number of imidazole rings is 1. The monoisotopic (exact) mass is 302 g/mol. The highest BCUT2D eigenvalue weighted by Crippen LogP contribution is 2.14.